The smallest absolute Gasteiger partial charge is 0.250 e. The third kappa shape index (κ3) is 6.97. The molecule has 0 spiro atoms. The fourth-order valence-corrected chi connectivity index (χ4v) is 4.59. The Bertz CT molecular complexity index is 1450. The fraction of sp³-hybridized carbons (Fsp3) is 0.207. The Morgan fingerprint density at radius 1 is 0.974 bits per heavy atom. The van der Waals surface area contributed by atoms with Crippen molar-refractivity contribution >= 4 is 52.4 Å². The van der Waals surface area contributed by atoms with Crippen LogP contribution in [0.25, 0.3) is 0 Å². The van der Waals surface area contributed by atoms with E-state index in [-0.39, 0.29) is 5.88 Å². The second-order valence-electron chi connectivity index (χ2n) is 8.87. The van der Waals surface area contributed by atoms with Gasteiger partial charge in [0.15, 0.2) is 11.5 Å². The number of nitrogens with zero attached hydrogens (tertiary/aromatic N) is 4. The van der Waals surface area contributed by atoms with E-state index in [0.29, 0.717) is 33.2 Å². The average molecular weight is 564 g/mol. The first-order valence-electron chi connectivity index (χ1n) is 12.4. The van der Waals surface area contributed by atoms with Gasteiger partial charge in [0.05, 0.1) is 26.5 Å². The number of halogens is 2. The number of anilines is 3. The number of benzene rings is 3. The molecule has 10 heteroatoms. The Morgan fingerprint density at radius 3 is 2.44 bits per heavy atom. The minimum Gasteiger partial charge on any atom is -0.493 e. The van der Waals surface area contributed by atoms with E-state index >= 15 is 0 Å². The number of ether oxygens (including phenoxy) is 3. The zero-order valence-corrected chi connectivity index (χ0v) is 23.0. The summed E-state index contributed by atoms with van der Waals surface area (Å²) in [4.78, 5) is 16.0. The number of nitrogens with one attached hydrogen (secondary N) is 1. The first kappa shape index (κ1) is 26.7. The van der Waals surface area contributed by atoms with Gasteiger partial charge < -0.3 is 24.4 Å². The molecule has 1 aromatic heterocycles. The number of morpholine rings is 1. The van der Waals surface area contributed by atoms with E-state index in [1.807, 2.05) is 37.3 Å². The number of hydrogen-bond acceptors (Lipinski definition) is 8. The van der Waals surface area contributed by atoms with Crippen molar-refractivity contribution in [1.29, 1.82) is 0 Å². The maximum absolute atomic E-state index is 6.20. The lowest BCUT2D eigenvalue weighted by atomic mass is 10.2. The van der Waals surface area contributed by atoms with E-state index < -0.39 is 0 Å². The molecule has 1 N–H and O–H groups in total. The van der Waals surface area contributed by atoms with E-state index in [0.717, 1.165) is 48.8 Å². The molecule has 3 aromatic carbocycles. The number of aliphatic imine (C=N–C) groups is 1. The maximum Gasteiger partial charge on any atom is 0.250 e. The van der Waals surface area contributed by atoms with Gasteiger partial charge >= 0.3 is 0 Å². The Morgan fingerprint density at radius 2 is 1.72 bits per heavy atom. The van der Waals surface area contributed by atoms with Crippen LogP contribution < -0.4 is 19.7 Å². The highest BCUT2D eigenvalue weighted by atomic mass is 35.5. The zero-order valence-electron chi connectivity index (χ0n) is 21.5. The van der Waals surface area contributed by atoms with E-state index in [2.05, 4.69) is 37.3 Å². The van der Waals surface area contributed by atoms with Crippen LogP contribution in [0.4, 0.5) is 23.0 Å². The van der Waals surface area contributed by atoms with Gasteiger partial charge in [0.1, 0.15) is 5.69 Å². The lowest BCUT2D eigenvalue weighted by Gasteiger charge is -2.28. The van der Waals surface area contributed by atoms with Crippen LogP contribution in [0.2, 0.25) is 10.0 Å². The molecule has 0 radical (unpaired) electrons. The Hall–Kier alpha value is -3.85. The van der Waals surface area contributed by atoms with E-state index in [1.165, 1.54) is 0 Å². The predicted molar refractivity (Wildman–Crippen MR) is 156 cm³/mol. The van der Waals surface area contributed by atoms with Crippen molar-refractivity contribution in [2.45, 2.75) is 6.92 Å². The molecule has 8 nitrogen and oxygen atoms in total. The van der Waals surface area contributed by atoms with E-state index in [9.17, 15) is 0 Å². The predicted octanol–water partition coefficient (Wildman–Crippen LogP) is 7.22. The van der Waals surface area contributed by atoms with Gasteiger partial charge in [-0.05, 0) is 72.6 Å². The first-order valence-corrected chi connectivity index (χ1v) is 13.1. The molecule has 200 valence electrons. The molecule has 0 amide bonds. The molecule has 5 rings (SSSR count). The quantitative estimate of drug-likeness (QED) is 0.226. The van der Waals surface area contributed by atoms with Crippen LogP contribution >= 0.6 is 23.2 Å². The number of aromatic nitrogens is 2. The van der Waals surface area contributed by atoms with Gasteiger partial charge in [0.25, 0.3) is 5.88 Å². The van der Waals surface area contributed by atoms with E-state index in [1.54, 1.807) is 37.7 Å². The van der Waals surface area contributed by atoms with Crippen molar-refractivity contribution in [2.75, 3.05) is 43.6 Å². The van der Waals surface area contributed by atoms with Crippen LogP contribution in [0, 0.1) is 6.92 Å². The van der Waals surface area contributed by atoms with Crippen molar-refractivity contribution in [2.24, 2.45) is 4.99 Å². The summed E-state index contributed by atoms with van der Waals surface area (Å²) in [7, 11) is 1.59. The molecule has 1 aliphatic heterocycles. The van der Waals surface area contributed by atoms with Crippen LogP contribution in [0.5, 0.6) is 17.4 Å². The lowest BCUT2D eigenvalue weighted by molar-refractivity contribution is 0.122. The van der Waals surface area contributed by atoms with Crippen LogP contribution in [-0.2, 0) is 4.74 Å². The number of methoxy groups -OCH3 is 1. The second-order valence-corrected chi connectivity index (χ2v) is 9.75. The molecule has 0 unspecified atom stereocenters. The van der Waals surface area contributed by atoms with Gasteiger partial charge in [-0.3, -0.25) is 0 Å². The molecular weight excluding hydrogens is 537 g/mol. The average Bonchev–Trinajstić information content (AvgIpc) is 2.94. The largest absolute Gasteiger partial charge is 0.493 e. The highest BCUT2D eigenvalue weighted by Gasteiger charge is 2.14. The summed E-state index contributed by atoms with van der Waals surface area (Å²) in [6, 6.07) is 19.0. The molecule has 1 fully saturated rings. The Balaban J connectivity index is 1.43. The van der Waals surface area contributed by atoms with Crippen molar-refractivity contribution in [3.63, 3.8) is 0 Å². The maximum atomic E-state index is 6.20. The molecule has 39 heavy (non-hydrogen) atoms. The van der Waals surface area contributed by atoms with Gasteiger partial charge in [-0.25, -0.2) is 9.98 Å². The molecule has 1 saturated heterocycles. The zero-order chi connectivity index (χ0) is 27.2. The van der Waals surface area contributed by atoms with E-state index in [4.69, 9.17) is 37.4 Å². The summed E-state index contributed by atoms with van der Waals surface area (Å²) in [5.74, 6) is 1.70. The van der Waals surface area contributed by atoms with Gasteiger partial charge in [0.2, 0.25) is 5.95 Å². The molecule has 2 heterocycles. The summed E-state index contributed by atoms with van der Waals surface area (Å²) in [6.45, 7) is 5.21. The van der Waals surface area contributed by atoms with Gasteiger partial charge in [-0.1, -0.05) is 29.3 Å². The van der Waals surface area contributed by atoms with Crippen molar-refractivity contribution in [3.8, 4) is 17.4 Å². The summed E-state index contributed by atoms with van der Waals surface area (Å²) < 4.78 is 17.2. The number of aryl methyl sites for hydroxylation is 1. The highest BCUT2D eigenvalue weighted by molar-refractivity contribution is 6.35. The van der Waals surface area contributed by atoms with Crippen molar-refractivity contribution in [3.05, 3.63) is 88.0 Å². The number of rotatable bonds is 8. The van der Waals surface area contributed by atoms with Crippen LogP contribution in [-0.4, -0.2) is 49.6 Å². The Kier molecular flexibility index (Phi) is 8.46. The lowest BCUT2D eigenvalue weighted by Crippen LogP contribution is -2.36. The topological polar surface area (TPSA) is 81.1 Å². The van der Waals surface area contributed by atoms with Crippen LogP contribution in [0.1, 0.15) is 11.1 Å². The summed E-state index contributed by atoms with van der Waals surface area (Å²) in [5, 5.41) is 4.28. The van der Waals surface area contributed by atoms with Crippen molar-refractivity contribution in [1.82, 2.24) is 9.97 Å². The van der Waals surface area contributed by atoms with Gasteiger partial charge in [0, 0.05) is 40.7 Å². The van der Waals surface area contributed by atoms with Gasteiger partial charge in [-0.15, -0.1) is 0 Å². The van der Waals surface area contributed by atoms with Crippen molar-refractivity contribution < 1.29 is 14.2 Å². The standard InChI is InChI=1S/C29H27Cl2N5O3/c1-19-3-8-26(27(13-19)37-2)39-28-25(32-17-20-14-21(30)16-22(31)15-20)18-33-29(35-28)34-23-4-6-24(7-5-23)36-9-11-38-12-10-36/h3-8,13-18H,9-12H2,1-2H3,(H,33,34,35). The summed E-state index contributed by atoms with van der Waals surface area (Å²) >= 11 is 12.3. The van der Waals surface area contributed by atoms with Crippen LogP contribution in [0.3, 0.4) is 0 Å². The minimum atomic E-state index is 0.254. The summed E-state index contributed by atoms with van der Waals surface area (Å²) in [6.07, 6.45) is 3.23. The summed E-state index contributed by atoms with van der Waals surface area (Å²) in [5.41, 5.74) is 4.18. The third-order valence-electron chi connectivity index (χ3n) is 6.00. The number of hydrogen-bond donors (Lipinski definition) is 1. The van der Waals surface area contributed by atoms with Crippen LogP contribution in [0.15, 0.2) is 71.9 Å². The minimum absolute atomic E-state index is 0.254. The molecule has 0 saturated carbocycles. The monoisotopic (exact) mass is 563 g/mol. The fourth-order valence-electron chi connectivity index (χ4n) is 4.05. The molecule has 4 aromatic rings. The Labute approximate surface area is 237 Å². The SMILES string of the molecule is COc1cc(C)ccc1Oc1nc(Nc2ccc(N3CCOCC3)cc2)ncc1N=Cc1cc(Cl)cc(Cl)c1. The van der Waals surface area contributed by atoms with Gasteiger partial charge in [-0.2, -0.15) is 4.98 Å². The third-order valence-corrected chi connectivity index (χ3v) is 6.44. The molecule has 1 aliphatic rings. The normalized spacial score (nSPS) is 13.5. The highest BCUT2D eigenvalue weighted by Crippen LogP contribution is 2.36. The first-order chi connectivity index (χ1) is 19.0. The molecule has 0 bridgehead atoms. The molecule has 0 atom stereocenters. The molecular formula is C29H27Cl2N5O3. The second kappa shape index (κ2) is 12.3. The molecule has 0 aliphatic carbocycles.